The van der Waals surface area contributed by atoms with E-state index in [0.717, 1.165) is 29.9 Å². The third kappa shape index (κ3) is 6.33. The van der Waals surface area contributed by atoms with Gasteiger partial charge in [-0.05, 0) is 104 Å². The van der Waals surface area contributed by atoms with Crippen molar-refractivity contribution in [2.45, 2.75) is 97.8 Å². The molecule has 32 heavy (non-hydrogen) atoms. The maximum atomic E-state index is 14.0. The molecule has 1 saturated carbocycles. The molecule has 1 heteroatoms. The van der Waals surface area contributed by atoms with Crippen LogP contribution < -0.4 is 0 Å². The lowest BCUT2D eigenvalue weighted by Crippen LogP contribution is -2.33. The number of hydrogen-bond donors (Lipinski definition) is 0. The van der Waals surface area contributed by atoms with Gasteiger partial charge in [-0.15, -0.1) is 0 Å². The van der Waals surface area contributed by atoms with Crippen LogP contribution >= 0.6 is 0 Å². The largest absolute Gasteiger partial charge is 0.207 e. The summed E-state index contributed by atoms with van der Waals surface area (Å²) in [4.78, 5) is 0. The van der Waals surface area contributed by atoms with Crippen LogP contribution in [0.15, 0.2) is 49.0 Å². The van der Waals surface area contributed by atoms with E-state index in [1.807, 2.05) is 19.1 Å². The van der Waals surface area contributed by atoms with Gasteiger partial charge >= 0.3 is 0 Å². The van der Waals surface area contributed by atoms with Crippen molar-refractivity contribution in [3.05, 3.63) is 77.1 Å². The highest BCUT2D eigenvalue weighted by molar-refractivity contribution is 5.63. The lowest BCUT2D eigenvalue weighted by Gasteiger charge is -2.45. The van der Waals surface area contributed by atoms with Crippen molar-refractivity contribution in [1.82, 2.24) is 0 Å². The number of allylic oxidation sites excluding steroid dienone is 1. The Morgan fingerprint density at radius 2 is 1.75 bits per heavy atom. The zero-order valence-electron chi connectivity index (χ0n) is 20.9. The zero-order chi connectivity index (χ0) is 23.1. The summed E-state index contributed by atoms with van der Waals surface area (Å²) in [6.07, 6.45) is 12.6. The van der Waals surface area contributed by atoms with Crippen molar-refractivity contribution in [3.8, 4) is 0 Å². The summed E-state index contributed by atoms with van der Waals surface area (Å²) in [5.41, 5.74) is 6.06. The van der Waals surface area contributed by atoms with Gasteiger partial charge in [-0.25, -0.2) is 4.39 Å². The van der Waals surface area contributed by atoms with E-state index < -0.39 is 0 Å². The van der Waals surface area contributed by atoms with Gasteiger partial charge in [0.15, 0.2) is 0 Å². The molecule has 0 bridgehead atoms. The minimum atomic E-state index is -0.123. The summed E-state index contributed by atoms with van der Waals surface area (Å²) in [7, 11) is 0. The third-order valence-corrected chi connectivity index (χ3v) is 7.81. The van der Waals surface area contributed by atoms with Crippen molar-refractivity contribution < 1.29 is 4.39 Å². The second kappa shape index (κ2) is 11.3. The first kappa shape index (κ1) is 24.7. The molecule has 0 aromatic heterocycles. The Labute approximate surface area is 196 Å². The molecule has 0 nitrogen and oxygen atoms in total. The standard InChI is InChI=1S/C31H43F/c1-6-9-26-19-29(27-14-11-23(3)12-15-27)22-31(21-26,17-7-2)18-8-10-24(4)28-16-13-25(5)30(32)20-28/h11-16,20,26,29H,4,6-10,17-19,21-22H2,1-3,5H3. The lowest BCUT2D eigenvalue weighted by atomic mass is 9.59. The number of halogens is 1. The molecule has 0 N–H and O–H groups in total. The Morgan fingerprint density at radius 1 is 1.00 bits per heavy atom. The topological polar surface area (TPSA) is 0 Å². The maximum absolute atomic E-state index is 14.0. The van der Waals surface area contributed by atoms with Crippen molar-refractivity contribution in [1.29, 1.82) is 0 Å². The molecule has 0 amide bonds. The quantitative estimate of drug-likeness (QED) is 0.349. The Kier molecular flexibility index (Phi) is 8.74. The van der Waals surface area contributed by atoms with E-state index in [0.29, 0.717) is 16.9 Å². The van der Waals surface area contributed by atoms with Crippen molar-refractivity contribution in [2.24, 2.45) is 11.3 Å². The molecule has 3 atom stereocenters. The molecule has 2 aromatic carbocycles. The van der Waals surface area contributed by atoms with Crippen LogP contribution in [0.5, 0.6) is 0 Å². The molecular formula is C31H43F. The highest BCUT2D eigenvalue weighted by atomic mass is 19.1. The number of benzene rings is 2. The van der Waals surface area contributed by atoms with Gasteiger partial charge in [-0.2, -0.15) is 0 Å². The molecule has 0 aliphatic heterocycles. The van der Waals surface area contributed by atoms with Gasteiger partial charge in [0.25, 0.3) is 0 Å². The molecule has 0 saturated heterocycles. The third-order valence-electron chi connectivity index (χ3n) is 7.81. The van der Waals surface area contributed by atoms with Gasteiger partial charge in [0.1, 0.15) is 5.82 Å². The van der Waals surface area contributed by atoms with E-state index in [1.54, 1.807) is 6.07 Å². The van der Waals surface area contributed by atoms with Gasteiger partial charge in [-0.3, -0.25) is 0 Å². The normalized spacial score (nSPS) is 23.3. The highest BCUT2D eigenvalue weighted by Crippen LogP contribution is 2.53. The molecule has 1 aliphatic rings. The predicted octanol–water partition coefficient (Wildman–Crippen LogP) is 9.80. The van der Waals surface area contributed by atoms with Crippen LogP contribution in [0.25, 0.3) is 5.57 Å². The first-order valence-corrected chi connectivity index (χ1v) is 12.9. The van der Waals surface area contributed by atoms with Gasteiger partial charge in [-0.1, -0.05) is 81.7 Å². The van der Waals surface area contributed by atoms with Crippen LogP contribution in [-0.4, -0.2) is 0 Å². The van der Waals surface area contributed by atoms with E-state index in [4.69, 9.17) is 0 Å². The number of aryl methyl sites for hydroxylation is 2. The molecular weight excluding hydrogens is 391 g/mol. The summed E-state index contributed by atoms with van der Waals surface area (Å²) in [5, 5.41) is 0. The van der Waals surface area contributed by atoms with Crippen LogP contribution in [0.1, 0.15) is 106 Å². The van der Waals surface area contributed by atoms with E-state index in [-0.39, 0.29) is 5.82 Å². The van der Waals surface area contributed by atoms with E-state index in [9.17, 15) is 4.39 Å². The molecule has 3 unspecified atom stereocenters. The Hall–Kier alpha value is -1.89. The first-order chi connectivity index (χ1) is 15.4. The average Bonchev–Trinajstić information content (AvgIpc) is 2.76. The Morgan fingerprint density at radius 3 is 2.41 bits per heavy atom. The van der Waals surface area contributed by atoms with Crippen molar-refractivity contribution >= 4 is 5.57 Å². The van der Waals surface area contributed by atoms with Crippen LogP contribution in [0.3, 0.4) is 0 Å². The maximum Gasteiger partial charge on any atom is 0.126 e. The average molecular weight is 435 g/mol. The molecule has 1 fully saturated rings. The van der Waals surface area contributed by atoms with Crippen LogP contribution in [0, 0.1) is 31.0 Å². The highest BCUT2D eigenvalue weighted by Gasteiger charge is 2.39. The van der Waals surface area contributed by atoms with Gasteiger partial charge in [0.2, 0.25) is 0 Å². The van der Waals surface area contributed by atoms with E-state index in [1.165, 1.54) is 62.5 Å². The monoisotopic (exact) mass is 434 g/mol. The van der Waals surface area contributed by atoms with Crippen LogP contribution in [-0.2, 0) is 0 Å². The minimum Gasteiger partial charge on any atom is -0.207 e. The van der Waals surface area contributed by atoms with Gasteiger partial charge in [0, 0.05) is 0 Å². The van der Waals surface area contributed by atoms with Crippen molar-refractivity contribution in [2.75, 3.05) is 0 Å². The summed E-state index contributed by atoms with van der Waals surface area (Å²) >= 11 is 0. The first-order valence-electron chi connectivity index (χ1n) is 12.9. The van der Waals surface area contributed by atoms with E-state index >= 15 is 0 Å². The van der Waals surface area contributed by atoms with Crippen LogP contribution in [0.2, 0.25) is 0 Å². The number of rotatable bonds is 10. The molecule has 0 radical (unpaired) electrons. The van der Waals surface area contributed by atoms with Crippen LogP contribution in [0.4, 0.5) is 4.39 Å². The molecule has 0 spiro atoms. The summed E-state index contributed by atoms with van der Waals surface area (Å²) in [5.74, 6) is 1.39. The van der Waals surface area contributed by atoms with E-state index in [2.05, 4.69) is 51.6 Å². The fourth-order valence-electron chi connectivity index (χ4n) is 6.21. The smallest absolute Gasteiger partial charge is 0.126 e. The van der Waals surface area contributed by atoms with Gasteiger partial charge < -0.3 is 0 Å². The Bertz CT molecular complexity index is 878. The fraction of sp³-hybridized carbons (Fsp3) is 0.548. The zero-order valence-corrected chi connectivity index (χ0v) is 20.9. The molecule has 3 rings (SSSR count). The fourth-order valence-corrected chi connectivity index (χ4v) is 6.21. The SMILES string of the molecule is C=C(CCCC1(CCC)CC(CCC)CC(c2ccc(C)cc2)C1)c1ccc(C)c(F)c1. The second-order valence-corrected chi connectivity index (χ2v) is 10.6. The minimum absolute atomic E-state index is 0.123. The second-order valence-electron chi connectivity index (χ2n) is 10.6. The molecule has 1 aliphatic carbocycles. The number of hydrogen-bond acceptors (Lipinski definition) is 0. The summed E-state index contributed by atoms with van der Waals surface area (Å²) in [6, 6.07) is 14.9. The molecule has 0 heterocycles. The van der Waals surface area contributed by atoms with Gasteiger partial charge in [0.05, 0.1) is 0 Å². The lowest BCUT2D eigenvalue weighted by molar-refractivity contribution is 0.0894. The summed E-state index contributed by atoms with van der Waals surface area (Å²) in [6.45, 7) is 13.0. The molecule has 2 aromatic rings. The van der Waals surface area contributed by atoms with Crippen molar-refractivity contribution in [3.63, 3.8) is 0 Å². The molecule has 174 valence electrons. The predicted molar refractivity (Wildman–Crippen MR) is 138 cm³/mol. The Balaban J connectivity index is 1.72. The summed E-state index contributed by atoms with van der Waals surface area (Å²) < 4.78 is 14.0.